The van der Waals surface area contributed by atoms with Crippen LogP contribution in [-0.4, -0.2) is 14.9 Å². The maximum Gasteiger partial charge on any atom is 0.108 e. The number of aromatic nitrogens is 2. The quantitative estimate of drug-likeness (QED) is 0.642. The standard InChI is InChI=1S/C25H28N2O/c28-25(15-13-21(14-16-25)20-7-3-1-4-8-20)24-17-23(22-9-5-2-6-10-22)27(26-24)18-19-11-12-19/h1-10,17,19,21,28H,11-16,18H2. The summed E-state index contributed by atoms with van der Waals surface area (Å²) in [5, 5.41) is 16.4. The highest BCUT2D eigenvalue weighted by atomic mass is 16.3. The summed E-state index contributed by atoms with van der Waals surface area (Å²) in [6.07, 6.45) is 6.18. The zero-order valence-electron chi connectivity index (χ0n) is 16.3. The largest absolute Gasteiger partial charge is 0.383 e. The first-order chi connectivity index (χ1) is 13.7. The van der Waals surface area contributed by atoms with Crippen molar-refractivity contribution < 1.29 is 5.11 Å². The van der Waals surface area contributed by atoms with E-state index in [4.69, 9.17) is 5.10 Å². The second kappa shape index (κ2) is 7.21. The number of rotatable bonds is 5. The van der Waals surface area contributed by atoms with Gasteiger partial charge in [0.15, 0.2) is 0 Å². The lowest BCUT2D eigenvalue weighted by Gasteiger charge is -2.35. The van der Waals surface area contributed by atoms with Crippen LogP contribution >= 0.6 is 0 Å². The SMILES string of the molecule is OC1(c2cc(-c3ccccc3)n(CC3CC3)n2)CCC(c2ccccc2)CC1. The Morgan fingerprint density at radius 3 is 2.18 bits per heavy atom. The van der Waals surface area contributed by atoms with Gasteiger partial charge in [0, 0.05) is 6.54 Å². The van der Waals surface area contributed by atoms with Crippen LogP contribution in [0.25, 0.3) is 11.3 Å². The summed E-state index contributed by atoms with van der Waals surface area (Å²) in [6.45, 7) is 0.965. The van der Waals surface area contributed by atoms with E-state index in [0.29, 0.717) is 5.92 Å². The molecule has 3 nitrogen and oxygen atoms in total. The smallest absolute Gasteiger partial charge is 0.108 e. The number of aliphatic hydroxyl groups is 1. The first-order valence-electron chi connectivity index (χ1n) is 10.6. The van der Waals surface area contributed by atoms with Gasteiger partial charge in [0.05, 0.1) is 11.4 Å². The molecule has 3 aromatic rings. The predicted molar refractivity (Wildman–Crippen MR) is 112 cm³/mol. The average Bonchev–Trinajstić information content (AvgIpc) is 3.46. The van der Waals surface area contributed by atoms with Gasteiger partial charge in [0.2, 0.25) is 0 Å². The number of benzene rings is 2. The van der Waals surface area contributed by atoms with Crippen molar-refractivity contribution in [2.45, 2.75) is 56.6 Å². The Morgan fingerprint density at radius 2 is 1.54 bits per heavy atom. The molecule has 0 unspecified atom stereocenters. The van der Waals surface area contributed by atoms with E-state index in [1.807, 2.05) is 6.07 Å². The topological polar surface area (TPSA) is 38.0 Å². The van der Waals surface area contributed by atoms with E-state index in [2.05, 4.69) is 65.3 Å². The first kappa shape index (κ1) is 17.7. The maximum absolute atomic E-state index is 11.5. The average molecular weight is 373 g/mol. The first-order valence-corrected chi connectivity index (χ1v) is 10.6. The van der Waals surface area contributed by atoms with Crippen LogP contribution in [0.4, 0.5) is 0 Å². The number of hydrogen-bond donors (Lipinski definition) is 1. The van der Waals surface area contributed by atoms with Crippen molar-refractivity contribution in [1.29, 1.82) is 0 Å². The Balaban J connectivity index is 1.40. The molecule has 2 aliphatic rings. The zero-order valence-corrected chi connectivity index (χ0v) is 16.3. The lowest BCUT2D eigenvalue weighted by atomic mass is 9.75. The summed E-state index contributed by atoms with van der Waals surface area (Å²) >= 11 is 0. The summed E-state index contributed by atoms with van der Waals surface area (Å²) < 4.78 is 2.14. The molecule has 0 spiro atoms. The Labute approximate surface area is 167 Å². The van der Waals surface area contributed by atoms with Crippen LogP contribution in [0.15, 0.2) is 66.7 Å². The van der Waals surface area contributed by atoms with E-state index in [9.17, 15) is 5.11 Å². The number of nitrogens with zero attached hydrogens (tertiary/aromatic N) is 2. The molecule has 0 amide bonds. The molecule has 2 aliphatic carbocycles. The van der Waals surface area contributed by atoms with Crippen LogP contribution < -0.4 is 0 Å². The molecular weight excluding hydrogens is 344 g/mol. The molecule has 2 aromatic carbocycles. The van der Waals surface area contributed by atoms with Crippen molar-refractivity contribution >= 4 is 0 Å². The Bertz CT molecular complexity index is 920. The van der Waals surface area contributed by atoms with Crippen molar-refractivity contribution in [3.63, 3.8) is 0 Å². The minimum absolute atomic E-state index is 0.545. The van der Waals surface area contributed by atoms with Crippen molar-refractivity contribution in [3.05, 3.63) is 78.0 Å². The highest BCUT2D eigenvalue weighted by Gasteiger charge is 2.38. The molecule has 0 aliphatic heterocycles. The lowest BCUT2D eigenvalue weighted by Crippen LogP contribution is -2.31. The summed E-state index contributed by atoms with van der Waals surface area (Å²) in [5.41, 5.74) is 3.78. The summed E-state index contributed by atoms with van der Waals surface area (Å²) in [6, 6.07) is 23.3. The Kier molecular flexibility index (Phi) is 4.56. The van der Waals surface area contributed by atoms with Crippen LogP contribution in [-0.2, 0) is 12.1 Å². The van der Waals surface area contributed by atoms with Crippen molar-refractivity contribution in [3.8, 4) is 11.3 Å². The molecule has 1 N–H and O–H groups in total. The normalized spacial score (nSPS) is 25.0. The zero-order chi connectivity index (χ0) is 19.0. The second-order valence-corrected chi connectivity index (χ2v) is 8.62. The fraction of sp³-hybridized carbons (Fsp3) is 0.400. The van der Waals surface area contributed by atoms with Gasteiger partial charge in [0.1, 0.15) is 5.60 Å². The van der Waals surface area contributed by atoms with E-state index in [1.54, 1.807) is 0 Å². The van der Waals surface area contributed by atoms with Crippen LogP contribution in [0.2, 0.25) is 0 Å². The van der Waals surface area contributed by atoms with Gasteiger partial charge in [-0.15, -0.1) is 0 Å². The monoisotopic (exact) mass is 372 g/mol. The van der Waals surface area contributed by atoms with Gasteiger partial charge in [-0.1, -0.05) is 60.7 Å². The van der Waals surface area contributed by atoms with Gasteiger partial charge in [-0.3, -0.25) is 4.68 Å². The van der Waals surface area contributed by atoms with Gasteiger partial charge < -0.3 is 5.11 Å². The molecule has 0 radical (unpaired) electrons. The van der Waals surface area contributed by atoms with Gasteiger partial charge in [-0.25, -0.2) is 0 Å². The molecule has 2 saturated carbocycles. The Morgan fingerprint density at radius 1 is 0.893 bits per heavy atom. The molecule has 5 rings (SSSR count). The van der Waals surface area contributed by atoms with Crippen LogP contribution in [0.1, 0.15) is 55.7 Å². The minimum Gasteiger partial charge on any atom is -0.383 e. The lowest BCUT2D eigenvalue weighted by molar-refractivity contribution is -0.0101. The van der Waals surface area contributed by atoms with Crippen LogP contribution in [0.5, 0.6) is 0 Å². The van der Waals surface area contributed by atoms with Crippen molar-refractivity contribution in [2.75, 3.05) is 0 Å². The van der Waals surface area contributed by atoms with Crippen LogP contribution in [0, 0.1) is 5.92 Å². The summed E-state index contributed by atoms with van der Waals surface area (Å²) in [4.78, 5) is 0. The molecule has 1 heterocycles. The second-order valence-electron chi connectivity index (χ2n) is 8.62. The van der Waals surface area contributed by atoms with Gasteiger partial charge in [-0.2, -0.15) is 5.10 Å². The van der Waals surface area contributed by atoms with E-state index in [0.717, 1.165) is 49.5 Å². The van der Waals surface area contributed by atoms with E-state index < -0.39 is 5.60 Å². The van der Waals surface area contributed by atoms with Crippen LogP contribution in [0.3, 0.4) is 0 Å². The molecule has 1 aromatic heterocycles. The van der Waals surface area contributed by atoms with Crippen molar-refractivity contribution in [1.82, 2.24) is 9.78 Å². The predicted octanol–water partition coefficient (Wildman–Crippen LogP) is 5.51. The molecule has 3 heteroatoms. The fourth-order valence-electron chi connectivity index (χ4n) is 4.58. The number of hydrogen-bond acceptors (Lipinski definition) is 2. The molecular formula is C25H28N2O. The molecule has 0 atom stereocenters. The fourth-order valence-corrected chi connectivity index (χ4v) is 4.58. The third-order valence-corrected chi connectivity index (χ3v) is 6.54. The van der Waals surface area contributed by atoms with Crippen molar-refractivity contribution in [2.24, 2.45) is 5.92 Å². The van der Waals surface area contributed by atoms with Gasteiger partial charge in [-0.05, 0) is 67.6 Å². The van der Waals surface area contributed by atoms with E-state index in [1.165, 1.54) is 24.0 Å². The van der Waals surface area contributed by atoms with E-state index in [-0.39, 0.29) is 0 Å². The molecule has 144 valence electrons. The van der Waals surface area contributed by atoms with Gasteiger partial charge >= 0.3 is 0 Å². The molecule has 0 bridgehead atoms. The maximum atomic E-state index is 11.5. The highest BCUT2D eigenvalue weighted by molar-refractivity contribution is 5.60. The minimum atomic E-state index is -0.802. The Hall–Kier alpha value is -2.39. The highest BCUT2D eigenvalue weighted by Crippen LogP contribution is 2.44. The molecule has 28 heavy (non-hydrogen) atoms. The molecule has 2 fully saturated rings. The van der Waals surface area contributed by atoms with E-state index >= 15 is 0 Å². The third-order valence-electron chi connectivity index (χ3n) is 6.54. The summed E-state index contributed by atoms with van der Waals surface area (Å²) in [7, 11) is 0. The summed E-state index contributed by atoms with van der Waals surface area (Å²) in [5.74, 6) is 1.29. The van der Waals surface area contributed by atoms with Gasteiger partial charge in [0.25, 0.3) is 0 Å². The molecule has 0 saturated heterocycles. The third kappa shape index (κ3) is 3.51.